The molecular formula is C9H12F2O2. The third kappa shape index (κ3) is 5.11. The predicted octanol–water partition coefficient (Wildman–Crippen LogP) is 2.62. The van der Waals surface area contributed by atoms with Crippen LogP contribution in [0.25, 0.3) is 0 Å². The highest BCUT2D eigenvalue weighted by Gasteiger charge is 2.07. The van der Waals surface area contributed by atoms with Gasteiger partial charge in [0.15, 0.2) is 0 Å². The van der Waals surface area contributed by atoms with Crippen LogP contribution in [0, 0.1) is 0 Å². The highest BCUT2D eigenvalue weighted by Crippen LogP contribution is 2.09. The van der Waals surface area contributed by atoms with Gasteiger partial charge in [0.1, 0.15) is 12.0 Å². The standard InChI is InChI=1S/C9H12F2O2/c1-3-8(11)5-7(9(12)13)4-6(2)10/h4-6H,3H2,1-2H3,(H,12,13)/b7-4+,8-5+. The van der Waals surface area contributed by atoms with Crippen molar-refractivity contribution in [1.82, 2.24) is 0 Å². The van der Waals surface area contributed by atoms with Gasteiger partial charge in [-0.05, 0) is 25.5 Å². The number of rotatable bonds is 4. The molecule has 1 atom stereocenters. The first-order valence-electron chi connectivity index (χ1n) is 3.92. The van der Waals surface area contributed by atoms with Crippen LogP contribution in [0.4, 0.5) is 8.78 Å². The van der Waals surface area contributed by atoms with Gasteiger partial charge in [0, 0.05) is 0 Å². The average molecular weight is 190 g/mol. The molecule has 13 heavy (non-hydrogen) atoms. The van der Waals surface area contributed by atoms with E-state index in [4.69, 9.17) is 5.11 Å². The van der Waals surface area contributed by atoms with Gasteiger partial charge in [-0.3, -0.25) is 0 Å². The summed E-state index contributed by atoms with van der Waals surface area (Å²) in [4.78, 5) is 10.4. The van der Waals surface area contributed by atoms with Gasteiger partial charge in [-0.2, -0.15) is 0 Å². The number of allylic oxidation sites excluding steroid dienone is 2. The lowest BCUT2D eigenvalue weighted by Gasteiger charge is -1.97. The minimum absolute atomic E-state index is 0.102. The fraction of sp³-hybridized carbons (Fsp3) is 0.444. The van der Waals surface area contributed by atoms with Gasteiger partial charge >= 0.3 is 5.97 Å². The second-order valence-corrected chi connectivity index (χ2v) is 2.55. The van der Waals surface area contributed by atoms with E-state index < -0.39 is 18.0 Å². The first kappa shape index (κ1) is 11.8. The summed E-state index contributed by atoms with van der Waals surface area (Å²) in [6.07, 6.45) is 0.397. The summed E-state index contributed by atoms with van der Waals surface area (Å²) in [7, 11) is 0. The molecule has 0 aromatic heterocycles. The first-order valence-corrected chi connectivity index (χ1v) is 3.92. The zero-order chi connectivity index (χ0) is 10.4. The molecule has 0 saturated carbocycles. The van der Waals surface area contributed by atoms with E-state index in [0.29, 0.717) is 0 Å². The highest BCUT2D eigenvalue weighted by atomic mass is 19.1. The molecule has 0 saturated heterocycles. The van der Waals surface area contributed by atoms with Gasteiger partial charge in [0.25, 0.3) is 0 Å². The number of hydrogen-bond acceptors (Lipinski definition) is 1. The zero-order valence-electron chi connectivity index (χ0n) is 7.55. The van der Waals surface area contributed by atoms with Gasteiger partial charge in [-0.1, -0.05) is 6.92 Å². The molecule has 0 rings (SSSR count). The summed E-state index contributed by atoms with van der Waals surface area (Å²) >= 11 is 0. The van der Waals surface area contributed by atoms with Crippen LogP contribution in [0.5, 0.6) is 0 Å². The fourth-order valence-corrected chi connectivity index (χ4v) is 0.699. The van der Waals surface area contributed by atoms with Gasteiger partial charge in [-0.15, -0.1) is 0 Å². The number of aliphatic carboxylic acids is 1. The Hall–Kier alpha value is -1.19. The molecule has 0 radical (unpaired) electrons. The summed E-state index contributed by atoms with van der Waals surface area (Å²) in [5, 5.41) is 8.52. The topological polar surface area (TPSA) is 37.3 Å². The molecule has 0 aromatic rings. The summed E-state index contributed by atoms with van der Waals surface area (Å²) in [6, 6.07) is 0. The van der Waals surface area contributed by atoms with Crippen molar-refractivity contribution < 1.29 is 18.7 Å². The Morgan fingerprint density at radius 2 is 2.15 bits per heavy atom. The van der Waals surface area contributed by atoms with E-state index in [-0.39, 0.29) is 12.0 Å². The Kier molecular flexibility index (Phi) is 4.96. The molecule has 0 fully saturated rings. The molecule has 4 heteroatoms. The van der Waals surface area contributed by atoms with Crippen molar-refractivity contribution in [1.29, 1.82) is 0 Å². The molecule has 0 aliphatic rings. The van der Waals surface area contributed by atoms with Crippen molar-refractivity contribution in [2.75, 3.05) is 0 Å². The minimum atomic E-state index is -1.40. The van der Waals surface area contributed by atoms with Crippen LogP contribution in [0.3, 0.4) is 0 Å². The Bertz CT molecular complexity index is 242. The van der Waals surface area contributed by atoms with Crippen molar-refractivity contribution in [3.05, 3.63) is 23.6 Å². The van der Waals surface area contributed by atoms with Crippen molar-refractivity contribution in [3.63, 3.8) is 0 Å². The zero-order valence-corrected chi connectivity index (χ0v) is 7.55. The number of carboxylic acids is 1. The van der Waals surface area contributed by atoms with Crippen molar-refractivity contribution in [2.45, 2.75) is 26.4 Å². The van der Waals surface area contributed by atoms with Crippen LogP contribution in [-0.2, 0) is 4.79 Å². The maximum Gasteiger partial charge on any atom is 0.335 e. The molecule has 0 amide bonds. The van der Waals surface area contributed by atoms with Crippen LogP contribution in [0.2, 0.25) is 0 Å². The number of alkyl halides is 1. The van der Waals surface area contributed by atoms with Crippen molar-refractivity contribution in [2.24, 2.45) is 0 Å². The molecular weight excluding hydrogens is 178 g/mol. The second kappa shape index (κ2) is 5.45. The van der Waals surface area contributed by atoms with E-state index in [1.165, 1.54) is 6.92 Å². The Balaban J connectivity index is 4.73. The van der Waals surface area contributed by atoms with Crippen LogP contribution >= 0.6 is 0 Å². The van der Waals surface area contributed by atoms with Gasteiger partial charge in [0.2, 0.25) is 0 Å². The number of halogens is 2. The molecule has 1 N–H and O–H groups in total. The van der Waals surface area contributed by atoms with Crippen molar-refractivity contribution >= 4 is 5.97 Å². The van der Waals surface area contributed by atoms with Crippen molar-refractivity contribution in [3.8, 4) is 0 Å². The normalized spacial score (nSPS) is 15.7. The van der Waals surface area contributed by atoms with E-state index in [1.54, 1.807) is 6.92 Å². The van der Waals surface area contributed by atoms with E-state index in [1.807, 2.05) is 0 Å². The Morgan fingerprint density at radius 1 is 1.62 bits per heavy atom. The lowest BCUT2D eigenvalue weighted by molar-refractivity contribution is -0.132. The first-order chi connectivity index (χ1) is 5.97. The predicted molar refractivity (Wildman–Crippen MR) is 45.8 cm³/mol. The lowest BCUT2D eigenvalue weighted by atomic mass is 10.2. The molecule has 2 nitrogen and oxygen atoms in total. The highest BCUT2D eigenvalue weighted by molar-refractivity contribution is 5.89. The van der Waals surface area contributed by atoms with Crippen LogP contribution in [-0.4, -0.2) is 17.2 Å². The quantitative estimate of drug-likeness (QED) is 0.546. The third-order valence-corrected chi connectivity index (χ3v) is 1.31. The van der Waals surface area contributed by atoms with Gasteiger partial charge < -0.3 is 5.11 Å². The number of carboxylic acid groups (broad SMARTS) is 1. The summed E-state index contributed by atoms with van der Waals surface area (Å²) in [5.74, 6) is -1.90. The van der Waals surface area contributed by atoms with E-state index in [0.717, 1.165) is 12.2 Å². The molecule has 0 spiro atoms. The van der Waals surface area contributed by atoms with E-state index in [2.05, 4.69) is 0 Å². The number of carbonyl (C=O) groups is 1. The summed E-state index contributed by atoms with van der Waals surface area (Å²) < 4.78 is 25.0. The molecule has 0 aliphatic heterocycles. The van der Waals surface area contributed by atoms with Crippen LogP contribution in [0.15, 0.2) is 23.6 Å². The SMILES string of the molecule is CC/C(F)=C\C(=C/C(C)F)C(=O)O. The average Bonchev–Trinajstić information content (AvgIpc) is 2.02. The molecule has 1 unspecified atom stereocenters. The van der Waals surface area contributed by atoms with Crippen LogP contribution in [0.1, 0.15) is 20.3 Å². The maximum atomic E-state index is 12.6. The molecule has 0 aromatic carbocycles. The summed E-state index contributed by atoms with van der Waals surface area (Å²) in [5.41, 5.74) is -0.352. The smallest absolute Gasteiger partial charge is 0.335 e. The fourth-order valence-electron chi connectivity index (χ4n) is 0.699. The molecule has 0 aliphatic carbocycles. The maximum absolute atomic E-state index is 12.6. The number of hydrogen-bond donors (Lipinski definition) is 1. The largest absolute Gasteiger partial charge is 0.478 e. The molecule has 0 bridgehead atoms. The minimum Gasteiger partial charge on any atom is -0.478 e. The molecule has 74 valence electrons. The second-order valence-electron chi connectivity index (χ2n) is 2.55. The molecule has 0 heterocycles. The van der Waals surface area contributed by atoms with Gasteiger partial charge in [-0.25, -0.2) is 13.6 Å². The lowest BCUT2D eigenvalue weighted by Crippen LogP contribution is -2.01. The Morgan fingerprint density at radius 3 is 2.46 bits per heavy atom. The monoisotopic (exact) mass is 190 g/mol. The van der Waals surface area contributed by atoms with E-state index in [9.17, 15) is 13.6 Å². The third-order valence-electron chi connectivity index (χ3n) is 1.31. The Labute approximate surface area is 75.6 Å². The van der Waals surface area contributed by atoms with Crippen LogP contribution < -0.4 is 0 Å². The van der Waals surface area contributed by atoms with Gasteiger partial charge in [0.05, 0.1) is 5.57 Å². The van der Waals surface area contributed by atoms with E-state index >= 15 is 0 Å². The summed E-state index contributed by atoms with van der Waals surface area (Å²) in [6.45, 7) is 2.73.